The van der Waals surface area contributed by atoms with E-state index in [0.29, 0.717) is 25.7 Å². The van der Waals surface area contributed by atoms with Crippen molar-refractivity contribution >= 4 is 39.5 Å². The summed E-state index contributed by atoms with van der Waals surface area (Å²) < 4.78 is 68.9. The second-order valence-corrected chi connectivity index (χ2v) is 34.4. The first-order chi connectivity index (χ1) is 51.6. The van der Waals surface area contributed by atoms with Gasteiger partial charge in [0, 0.05) is 25.7 Å². The van der Waals surface area contributed by atoms with E-state index in [2.05, 4.69) is 34.6 Å². The van der Waals surface area contributed by atoms with E-state index in [1.165, 1.54) is 295 Å². The molecule has 0 radical (unpaired) electrons. The average molecular weight is 1550 g/mol. The summed E-state index contributed by atoms with van der Waals surface area (Å²) in [7, 11) is -9.93. The Bertz CT molecular complexity index is 2020. The molecule has 0 aliphatic rings. The molecular formula is C87H170O17P2. The van der Waals surface area contributed by atoms with Crippen molar-refractivity contribution in [3.63, 3.8) is 0 Å². The van der Waals surface area contributed by atoms with Crippen molar-refractivity contribution in [1.29, 1.82) is 0 Å². The Balaban J connectivity index is 5.24. The van der Waals surface area contributed by atoms with Crippen LogP contribution < -0.4 is 0 Å². The lowest BCUT2D eigenvalue weighted by atomic mass is 9.99. The SMILES string of the molecule is CCCCCCCCCCCCCCCCCCCCCCCC(=O)O[C@H](COC(=O)CCCCCCCCCCCCCCCCCCCCC)COP(=O)(O)OC[C@@H](O)COP(=O)(O)OC[C@@H](COC(=O)CCCCCCCCCCCCCC)OC(=O)CCCCCCCCCCCCC(C)CC. The van der Waals surface area contributed by atoms with E-state index in [4.69, 9.17) is 37.0 Å². The molecule has 17 nitrogen and oxygen atoms in total. The fourth-order valence-corrected chi connectivity index (χ4v) is 15.2. The zero-order chi connectivity index (χ0) is 77.6. The summed E-state index contributed by atoms with van der Waals surface area (Å²) in [6, 6.07) is 0. The maximum Gasteiger partial charge on any atom is 0.472 e. The Morgan fingerprint density at radius 1 is 0.264 bits per heavy atom. The summed E-state index contributed by atoms with van der Waals surface area (Å²) in [5.41, 5.74) is 0. The third-order valence-corrected chi connectivity index (χ3v) is 22.8. The minimum absolute atomic E-state index is 0.107. The molecule has 0 heterocycles. The predicted octanol–water partition coefficient (Wildman–Crippen LogP) is 26.8. The van der Waals surface area contributed by atoms with Gasteiger partial charge in [-0.15, -0.1) is 0 Å². The van der Waals surface area contributed by atoms with Crippen LogP contribution in [-0.2, 0) is 65.4 Å². The normalized spacial score (nSPS) is 14.0. The zero-order valence-electron chi connectivity index (χ0n) is 69.6. The van der Waals surface area contributed by atoms with E-state index in [1.807, 2.05) is 0 Å². The molecule has 0 aromatic rings. The number of carbonyl (C=O) groups is 4. The van der Waals surface area contributed by atoms with Crippen molar-refractivity contribution < 1.29 is 80.2 Å². The number of ether oxygens (including phenoxy) is 4. The molecule has 0 aliphatic carbocycles. The molecule has 0 aromatic heterocycles. The molecule has 0 amide bonds. The van der Waals surface area contributed by atoms with Crippen LogP contribution in [0.25, 0.3) is 0 Å². The lowest BCUT2D eigenvalue weighted by molar-refractivity contribution is -0.161. The van der Waals surface area contributed by atoms with E-state index in [-0.39, 0.29) is 25.7 Å². The van der Waals surface area contributed by atoms with Gasteiger partial charge in [-0.3, -0.25) is 37.3 Å². The van der Waals surface area contributed by atoms with Gasteiger partial charge in [-0.25, -0.2) is 9.13 Å². The smallest absolute Gasteiger partial charge is 0.462 e. The molecule has 0 fully saturated rings. The van der Waals surface area contributed by atoms with Gasteiger partial charge >= 0.3 is 39.5 Å². The summed E-state index contributed by atoms with van der Waals surface area (Å²) in [6.45, 7) is 7.39. The molecule has 630 valence electrons. The number of aliphatic hydroxyl groups is 1. The molecule has 0 saturated heterocycles. The number of phosphoric ester groups is 2. The number of aliphatic hydroxyl groups excluding tert-OH is 1. The van der Waals surface area contributed by atoms with Crippen LogP contribution >= 0.6 is 15.6 Å². The third-order valence-electron chi connectivity index (χ3n) is 20.9. The maximum absolute atomic E-state index is 13.2. The standard InChI is InChI=1S/C87H170O17P2/c1-6-10-13-16-19-22-25-28-30-32-34-35-37-39-41-43-46-52-57-62-67-72-86(91)103-82(76-98-85(90)71-66-61-56-51-45-42-40-38-36-33-31-29-26-23-20-17-14-11-7-2)78-101-105(93,94)99-74-81(88)75-100-106(95,96)102-79-83(77-97-84(89)70-65-60-55-50-44-27-24-21-18-15-12-8-3)104-87(92)73-68-63-58-53-48-47-49-54-59-64-69-80(5)9-4/h80-83,88H,6-79H2,1-5H3,(H,93,94)(H,95,96)/t80?,81-,82-,83-/m1/s1. The minimum atomic E-state index is -4.97. The molecule has 19 heteroatoms. The van der Waals surface area contributed by atoms with Gasteiger partial charge in [-0.1, -0.05) is 420 Å². The highest BCUT2D eigenvalue weighted by atomic mass is 31.2. The quantitative estimate of drug-likeness (QED) is 0.0222. The molecule has 0 aromatic carbocycles. The third kappa shape index (κ3) is 78.7. The second-order valence-electron chi connectivity index (χ2n) is 31.5. The van der Waals surface area contributed by atoms with E-state index >= 15 is 0 Å². The Labute approximate surface area is 651 Å². The Morgan fingerprint density at radius 3 is 0.670 bits per heavy atom. The monoisotopic (exact) mass is 1550 g/mol. The minimum Gasteiger partial charge on any atom is -0.462 e. The van der Waals surface area contributed by atoms with Crippen molar-refractivity contribution in [3.05, 3.63) is 0 Å². The highest BCUT2D eigenvalue weighted by Gasteiger charge is 2.30. The zero-order valence-corrected chi connectivity index (χ0v) is 71.4. The van der Waals surface area contributed by atoms with Crippen LogP contribution in [0.5, 0.6) is 0 Å². The van der Waals surface area contributed by atoms with Gasteiger partial charge in [0.15, 0.2) is 12.2 Å². The highest BCUT2D eigenvalue weighted by Crippen LogP contribution is 2.45. The molecule has 0 aliphatic heterocycles. The van der Waals surface area contributed by atoms with Crippen LogP contribution in [0.1, 0.15) is 471 Å². The van der Waals surface area contributed by atoms with Crippen LogP contribution in [0, 0.1) is 5.92 Å². The summed E-state index contributed by atoms with van der Waals surface area (Å²) in [5.74, 6) is -1.30. The van der Waals surface area contributed by atoms with Crippen molar-refractivity contribution in [2.24, 2.45) is 5.92 Å². The van der Waals surface area contributed by atoms with Gasteiger partial charge in [0.25, 0.3) is 0 Å². The predicted molar refractivity (Wildman–Crippen MR) is 437 cm³/mol. The first kappa shape index (κ1) is 104. The maximum atomic E-state index is 13.2. The summed E-state index contributed by atoms with van der Waals surface area (Å²) >= 11 is 0. The fraction of sp³-hybridized carbons (Fsp3) is 0.954. The van der Waals surface area contributed by atoms with Crippen molar-refractivity contribution in [1.82, 2.24) is 0 Å². The van der Waals surface area contributed by atoms with E-state index < -0.39 is 97.5 Å². The van der Waals surface area contributed by atoms with Gasteiger partial charge < -0.3 is 33.8 Å². The van der Waals surface area contributed by atoms with Gasteiger partial charge in [0.05, 0.1) is 26.4 Å². The molecule has 0 rings (SSSR count). The molecule has 3 unspecified atom stereocenters. The fourth-order valence-electron chi connectivity index (χ4n) is 13.6. The lowest BCUT2D eigenvalue weighted by Crippen LogP contribution is -2.30. The number of unbranched alkanes of at least 4 members (excludes halogenated alkanes) is 58. The first-order valence-corrected chi connectivity index (χ1v) is 48.2. The Hall–Kier alpha value is -1.94. The number of hydrogen-bond acceptors (Lipinski definition) is 15. The molecule has 0 bridgehead atoms. The topological polar surface area (TPSA) is 237 Å². The van der Waals surface area contributed by atoms with Crippen molar-refractivity contribution in [3.8, 4) is 0 Å². The first-order valence-electron chi connectivity index (χ1n) is 45.2. The molecule has 6 atom stereocenters. The summed E-state index contributed by atoms with van der Waals surface area (Å²) in [5, 5.41) is 10.7. The Morgan fingerprint density at radius 2 is 0.453 bits per heavy atom. The van der Waals surface area contributed by atoms with Crippen LogP contribution in [0.2, 0.25) is 0 Å². The van der Waals surface area contributed by atoms with E-state index in [9.17, 15) is 43.2 Å². The second kappa shape index (κ2) is 79.7. The highest BCUT2D eigenvalue weighted by molar-refractivity contribution is 7.47. The number of esters is 4. The van der Waals surface area contributed by atoms with Crippen molar-refractivity contribution in [2.45, 2.75) is 490 Å². The number of carbonyl (C=O) groups excluding carboxylic acids is 4. The number of rotatable bonds is 87. The van der Waals surface area contributed by atoms with E-state index in [1.54, 1.807) is 0 Å². The van der Waals surface area contributed by atoms with E-state index in [0.717, 1.165) is 95.8 Å². The number of hydrogen-bond donors (Lipinski definition) is 3. The lowest BCUT2D eigenvalue weighted by Gasteiger charge is -2.21. The van der Waals surface area contributed by atoms with Gasteiger partial charge in [0.2, 0.25) is 0 Å². The Kier molecular flexibility index (Phi) is 78.2. The van der Waals surface area contributed by atoms with Gasteiger partial charge in [-0.2, -0.15) is 0 Å². The van der Waals surface area contributed by atoms with Crippen LogP contribution in [0.3, 0.4) is 0 Å². The molecular weight excluding hydrogens is 1380 g/mol. The number of phosphoric acid groups is 2. The van der Waals surface area contributed by atoms with Gasteiger partial charge in [0.1, 0.15) is 19.3 Å². The largest absolute Gasteiger partial charge is 0.472 e. The average Bonchev–Trinajstić information content (AvgIpc) is 0.919. The summed E-state index contributed by atoms with van der Waals surface area (Å²) in [4.78, 5) is 73.3. The van der Waals surface area contributed by atoms with Crippen LogP contribution in [0.4, 0.5) is 0 Å². The molecule has 0 saturated carbocycles. The van der Waals surface area contributed by atoms with Crippen molar-refractivity contribution in [2.75, 3.05) is 39.6 Å². The van der Waals surface area contributed by atoms with Crippen LogP contribution in [0.15, 0.2) is 0 Å². The summed E-state index contributed by atoms with van der Waals surface area (Å²) in [6.07, 6.45) is 73.6. The van der Waals surface area contributed by atoms with Crippen LogP contribution in [-0.4, -0.2) is 96.7 Å². The molecule has 106 heavy (non-hydrogen) atoms. The molecule has 0 spiro atoms. The van der Waals surface area contributed by atoms with Gasteiger partial charge in [-0.05, 0) is 31.6 Å². The molecule has 3 N–H and O–H groups in total.